The van der Waals surface area contributed by atoms with E-state index < -0.39 is 5.91 Å². The molecule has 0 spiro atoms. The fraction of sp³-hybridized carbons (Fsp3) is 0.148. The first-order chi connectivity index (χ1) is 16.8. The zero-order chi connectivity index (χ0) is 25.4. The molecule has 3 rings (SSSR count). The highest BCUT2D eigenvalue weighted by Gasteiger charge is 2.14. The van der Waals surface area contributed by atoms with Crippen molar-refractivity contribution in [1.82, 2.24) is 5.32 Å². The fourth-order valence-corrected chi connectivity index (χ4v) is 3.32. The lowest BCUT2D eigenvalue weighted by atomic mass is 10.1. The molecular weight excluding hydrogens is 446 g/mol. The Morgan fingerprint density at radius 3 is 2.03 bits per heavy atom. The summed E-state index contributed by atoms with van der Waals surface area (Å²) < 4.78 is 10.5. The largest absolute Gasteiger partial charge is 0.493 e. The van der Waals surface area contributed by atoms with Crippen LogP contribution in [0.3, 0.4) is 0 Å². The van der Waals surface area contributed by atoms with E-state index in [9.17, 15) is 14.4 Å². The Morgan fingerprint density at radius 2 is 1.43 bits per heavy atom. The van der Waals surface area contributed by atoms with Crippen molar-refractivity contribution in [3.8, 4) is 11.5 Å². The third kappa shape index (κ3) is 6.70. The monoisotopic (exact) mass is 473 g/mol. The SMILES string of the molecule is COc1ccc(/C=C(\NC(C)=O)C(=O)Nc2ccc(NC(=O)c3ccccc3C)cc2)cc1OC. The van der Waals surface area contributed by atoms with Gasteiger partial charge in [0.1, 0.15) is 5.70 Å². The normalized spacial score (nSPS) is 10.8. The minimum Gasteiger partial charge on any atom is -0.493 e. The number of amides is 3. The minimum absolute atomic E-state index is 0.0571. The Balaban J connectivity index is 1.74. The molecule has 3 amide bonds. The first-order valence-electron chi connectivity index (χ1n) is 10.8. The number of nitrogens with one attached hydrogen (secondary N) is 3. The zero-order valence-corrected chi connectivity index (χ0v) is 20.0. The summed E-state index contributed by atoms with van der Waals surface area (Å²) in [6.45, 7) is 3.19. The van der Waals surface area contributed by atoms with E-state index in [1.54, 1.807) is 48.5 Å². The lowest BCUT2D eigenvalue weighted by Gasteiger charge is -2.12. The molecule has 3 aromatic rings. The third-order valence-corrected chi connectivity index (χ3v) is 5.06. The smallest absolute Gasteiger partial charge is 0.272 e. The van der Waals surface area contributed by atoms with Gasteiger partial charge < -0.3 is 25.4 Å². The van der Waals surface area contributed by atoms with Gasteiger partial charge in [0.05, 0.1) is 14.2 Å². The summed E-state index contributed by atoms with van der Waals surface area (Å²) in [5.74, 6) is -0.0737. The van der Waals surface area contributed by atoms with E-state index >= 15 is 0 Å². The van der Waals surface area contributed by atoms with E-state index in [-0.39, 0.29) is 17.5 Å². The molecule has 0 aliphatic carbocycles. The van der Waals surface area contributed by atoms with Crippen LogP contribution in [0.4, 0.5) is 11.4 Å². The standard InChI is InChI=1S/C27H27N3O5/c1-17-7-5-6-8-22(17)26(32)29-20-10-12-21(13-11-20)30-27(33)23(28-18(2)31)15-19-9-14-24(34-3)25(16-19)35-4/h5-16H,1-4H3,(H,28,31)(H,29,32)(H,30,33)/b23-15-. The average molecular weight is 474 g/mol. The molecule has 0 saturated carbocycles. The average Bonchev–Trinajstić information content (AvgIpc) is 2.84. The maximum atomic E-state index is 12.9. The number of rotatable bonds is 8. The van der Waals surface area contributed by atoms with E-state index in [1.807, 2.05) is 25.1 Å². The Labute approximate surface area is 204 Å². The van der Waals surface area contributed by atoms with Crippen LogP contribution in [-0.4, -0.2) is 31.9 Å². The summed E-state index contributed by atoms with van der Waals surface area (Å²) in [5, 5.41) is 8.15. The number of benzene rings is 3. The number of carbonyl (C=O) groups excluding carboxylic acids is 3. The molecule has 8 heteroatoms. The molecule has 0 atom stereocenters. The van der Waals surface area contributed by atoms with Crippen molar-refractivity contribution < 1.29 is 23.9 Å². The third-order valence-electron chi connectivity index (χ3n) is 5.06. The van der Waals surface area contributed by atoms with Gasteiger partial charge in [-0.2, -0.15) is 0 Å². The molecular formula is C27H27N3O5. The number of carbonyl (C=O) groups is 3. The summed E-state index contributed by atoms with van der Waals surface area (Å²) in [6.07, 6.45) is 1.54. The van der Waals surface area contributed by atoms with Gasteiger partial charge in [-0.15, -0.1) is 0 Å². The van der Waals surface area contributed by atoms with Gasteiger partial charge in [0, 0.05) is 23.9 Å². The Bertz CT molecular complexity index is 1270. The minimum atomic E-state index is -0.508. The first kappa shape index (κ1) is 25.0. The number of hydrogen-bond acceptors (Lipinski definition) is 5. The molecule has 8 nitrogen and oxygen atoms in total. The lowest BCUT2D eigenvalue weighted by molar-refractivity contribution is -0.120. The highest BCUT2D eigenvalue weighted by atomic mass is 16.5. The maximum Gasteiger partial charge on any atom is 0.272 e. The van der Waals surface area contributed by atoms with Crippen LogP contribution < -0.4 is 25.4 Å². The zero-order valence-electron chi connectivity index (χ0n) is 20.0. The Kier molecular flexibility index (Phi) is 8.24. The molecule has 3 N–H and O–H groups in total. The van der Waals surface area contributed by atoms with E-state index in [4.69, 9.17) is 9.47 Å². The predicted molar refractivity (Wildman–Crippen MR) is 136 cm³/mol. The van der Waals surface area contributed by atoms with Gasteiger partial charge >= 0.3 is 0 Å². The number of aryl methyl sites for hydroxylation is 1. The number of anilines is 2. The van der Waals surface area contributed by atoms with Crippen LogP contribution in [0.2, 0.25) is 0 Å². The van der Waals surface area contributed by atoms with Crippen molar-refractivity contribution in [1.29, 1.82) is 0 Å². The number of methoxy groups -OCH3 is 2. The van der Waals surface area contributed by atoms with E-state index in [2.05, 4.69) is 16.0 Å². The van der Waals surface area contributed by atoms with Crippen molar-refractivity contribution in [2.75, 3.05) is 24.9 Å². The van der Waals surface area contributed by atoms with Gasteiger partial charge in [0.25, 0.3) is 11.8 Å². The summed E-state index contributed by atoms with van der Waals surface area (Å²) >= 11 is 0. The molecule has 3 aromatic carbocycles. The highest BCUT2D eigenvalue weighted by Crippen LogP contribution is 2.28. The van der Waals surface area contributed by atoms with Crippen LogP contribution in [0.5, 0.6) is 11.5 Å². The van der Waals surface area contributed by atoms with Crippen LogP contribution in [0.25, 0.3) is 6.08 Å². The molecule has 0 aliphatic rings. The van der Waals surface area contributed by atoms with Gasteiger partial charge in [0.15, 0.2) is 11.5 Å². The maximum absolute atomic E-state index is 12.9. The molecule has 0 unspecified atom stereocenters. The molecule has 0 heterocycles. The van der Waals surface area contributed by atoms with Gasteiger partial charge in [-0.1, -0.05) is 24.3 Å². The second kappa shape index (κ2) is 11.5. The van der Waals surface area contributed by atoms with Gasteiger partial charge in [-0.3, -0.25) is 14.4 Å². The highest BCUT2D eigenvalue weighted by molar-refractivity contribution is 6.09. The first-order valence-corrected chi connectivity index (χ1v) is 10.8. The molecule has 180 valence electrons. The molecule has 0 aromatic heterocycles. The Hall–Kier alpha value is -4.59. The summed E-state index contributed by atoms with van der Waals surface area (Å²) in [5.41, 5.74) is 3.23. The second-order valence-corrected chi connectivity index (χ2v) is 7.65. The van der Waals surface area contributed by atoms with Crippen molar-refractivity contribution >= 4 is 35.2 Å². The molecule has 0 bridgehead atoms. The van der Waals surface area contributed by atoms with Gasteiger partial charge in [0.2, 0.25) is 5.91 Å². The molecule has 0 fully saturated rings. The van der Waals surface area contributed by atoms with E-state index in [1.165, 1.54) is 27.2 Å². The summed E-state index contributed by atoms with van der Waals surface area (Å²) in [4.78, 5) is 37.1. The van der Waals surface area contributed by atoms with Gasteiger partial charge in [-0.25, -0.2) is 0 Å². The summed E-state index contributed by atoms with van der Waals surface area (Å²) in [7, 11) is 3.04. The second-order valence-electron chi connectivity index (χ2n) is 7.65. The number of hydrogen-bond donors (Lipinski definition) is 3. The Morgan fingerprint density at radius 1 is 0.800 bits per heavy atom. The van der Waals surface area contributed by atoms with Crippen LogP contribution in [0.15, 0.2) is 72.4 Å². The van der Waals surface area contributed by atoms with Crippen LogP contribution in [0.1, 0.15) is 28.4 Å². The summed E-state index contributed by atoms with van der Waals surface area (Å²) in [6, 6.07) is 19.1. The van der Waals surface area contributed by atoms with Crippen molar-refractivity contribution in [3.63, 3.8) is 0 Å². The van der Waals surface area contributed by atoms with Crippen LogP contribution >= 0.6 is 0 Å². The topological polar surface area (TPSA) is 106 Å². The van der Waals surface area contributed by atoms with Crippen molar-refractivity contribution in [2.24, 2.45) is 0 Å². The predicted octanol–water partition coefficient (Wildman–Crippen LogP) is 4.38. The van der Waals surface area contributed by atoms with Crippen LogP contribution in [-0.2, 0) is 9.59 Å². The number of ether oxygens (including phenoxy) is 2. The van der Waals surface area contributed by atoms with Crippen molar-refractivity contribution in [2.45, 2.75) is 13.8 Å². The van der Waals surface area contributed by atoms with Crippen LogP contribution in [0, 0.1) is 6.92 Å². The van der Waals surface area contributed by atoms with Crippen molar-refractivity contribution in [3.05, 3.63) is 89.1 Å². The molecule has 0 radical (unpaired) electrons. The van der Waals surface area contributed by atoms with E-state index in [0.717, 1.165) is 5.56 Å². The fourth-order valence-electron chi connectivity index (χ4n) is 3.32. The molecule has 0 saturated heterocycles. The molecule has 0 aliphatic heterocycles. The molecule has 35 heavy (non-hydrogen) atoms. The van der Waals surface area contributed by atoms with E-state index in [0.29, 0.717) is 34.0 Å². The van der Waals surface area contributed by atoms with Gasteiger partial charge in [-0.05, 0) is 66.6 Å². The quantitative estimate of drug-likeness (QED) is 0.421. The lowest BCUT2D eigenvalue weighted by Crippen LogP contribution is -2.28.